The highest BCUT2D eigenvalue weighted by atomic mass is 16.3. The summed E-state index contributed by atoms with van der Waals surface area (Å²) in [4.78, 5) is 9.88. The molecule has 142 valence electrons. The van der Waals surface area contributed by atoms with E-state index in [9.17, 15) is 5.11 Å². The van der Waals surface area contributed by atoms with E-state index < -0.39 is 6.10 Å². The molecule has 0 saturated carbocycles. The topological polar surface area (TPSA) is 120 Å². The SMILES string of the molecule is C=NC(N)=NCCCCCCN(CCCCCCN)CC(O)CO. The molecule has 0 heterocycles. The summed E-state index contributed by atoms with van der Waals surface area (Å²) in [6, 6.07) is 0. The average Bonchev–Trinajstić information content (AvgIpc) is 2.59. The molecule has 0 aliphatic heterocycles. The summed E-state index contributed by atoms with van der Waals surface area (Å²) < 4.78 is 0. The van der Waals surface area contributed by atoms with Crippen LogP contribution in [0.1, 0.15) is 51.4 Å². The molecule has 0 radical (unpaired) electrons. The summed E-state index contributed by atoms with van der Waals surface area (Å²) in [6.07, 6.45) is 8.16. The number of hydrogen-bond donors (Lipinski definition) is 4. The second-order valence-electron chi connectivity index (χ2n) is 6.15. The summed E-state index contributed by atoms with van der Waals surface area (Å²) in [5, 5.41) is 18.7. The fraction of sp³-hybridized carbons (Fsp3) is 0.882. The van der Waals surface area contributed by atoms with Crippen LogP contribution in [0.15, 0.2) is 9.98 Å². The van der Waals surface area contributed by atoms with Crippen LogP contribution in [0.4, 0.5) is 0 Å². The van der Waals surface area contributed by atoms with Crippen molar-refractivity contribution in [3.8, 4) is 0 Å². The van der Waals surface area contributed by atoms with Crippen LogP contribution in [0.25, 0.3) is 0 Å². The number of aliphatic hydroxyl groups is 2. The first kappa shape index (κ1) is 23.0. The van der Waals surface area contributed by atoms with E-state index in [4.69, 9.17) is 16.6 Å². The molecule has 7 nitrogen and oxygen atoms in total. The molecule has 0 aromatic heterocycles. The van der Waals surface area contributed by atoms with Gasteiger partial charge in [0.2, 0.25) is 5.96 Å². The van der Waals surface area contributed by atoms with Gasteiger partial charge < -0.3 is 26.6 Å². The van der Waals surface area contributed by atoms with Crippen LogP contribution in [0.3, 0.4) is 0 Å². The lowest BCUT2D eigenvalue weighted by atomic mass is 10.1. The Hall–Kier alpha value is -1.02. The number of unbranched alkanes of at least 4 members (excludes halogenated alkanes) is 6. The highest BCUT2D eigenvalue weighted by Crippen LogP contribution is 2.06. The molecule has 1 unspecified atom stereocenters. The molecule has 0 saturated heterocycles. The maximum Gasteiger partial charge on any atom is 0.214 e. The van der Waals surface area contributed by atoms with Gasteiger partial charge in [-0.15, -0.1) is 0 Å². The van der Waals surface area contributed by atoms with Gasteiger partial charge in [-0.3, -0.25) is 4.99 Å². The number of rotatable bonds is 16. The van der Waals surface area contributed by atoms with Gasteiger partial charge in [0.05, 0.1) is 12.7 Å². The second-order valence-corrected chi connectivity index (χ2v) is 6.15. The van der Waals surface area contributed by atoms with E-state index in [0.717, 1.165) is 64.6 Å². The first-order valence-electron chi connectivity index (χ1n) is 9.12. The summed E-state index contributed by atoms with van der Waals surface area (Å²) in [5.74, 6) is 0.258. The molecule has 0 rings (SSSR count). The number of hydrogen-bond acceptors (Lipinski definition) is 5. The predicted molar refractivity (Wildman–Crippen MR) is 102 cm³/mol. The van der Waals surface area contributed by atoms with Gasteiger partial charge >= 0.3 is 0 Å². The predicted octanol–water partition coefficient (Wildman–Crippen LogP) is 0.736. The Morgan fingerprint density at radius 2 is 1.58 bits per heavy atom. The average molecular weight is 344 g/mol. The summed E-state index contributed by atoms with van der Waals surface area (Å²) >= 11 is 0. The summed E-state index contributed by atoms with van der Waals surface area (Å²) in [7, 11) is 0. The van der Waals surface area contributed by atoms with Crippen LogP contribution in [-0.4, -0.2) is 73.2 Å². The number of guanidine groups is 1. The molecular formula is C17H37N5O2. The summed E-state index contributed by atoms with van der Waals surface area (Å²) in [5.41, 5.74) is 11.0. The van der Waals surface area contributed by atoms with Gasteiger partial charge in [-0.2, -0.15) is 0 Å². The van der Waals surface area contributed by atoms with Gasteiger partial charge in [-0.25, -0.2) is 4.99 Å². The molecule has 7 heteroatoms. The van der Waals surface area contributed by atoms with Crippen molar-refractivity contribution in [3.63, 3.8) is 0 Å². The molecule has 0 aromatic rings. The van der Waals surface area contributed by atoms with Gasteiger partial charge in [0.1, 0.15) is 0 Å². The molecule has 1 atom stereocenters. The van der Waals surface area contributed by atoms with Crippen LogP contribution in [-0.2, 0) is 0 Å². The number of nitrogens with two attached hydrogens (primary N) is 2. The van der Waals surface area contributed by atoms with Gasteiger partial charge in [0, 0.05) is 13.1 Å². The standard InChI is InChI=1S/C17H37N5O2/c1-20-17(19)21-11-7-3-5-9-13-22(14-16(24)15-23)12-8-4-2-6-10-18/h16,23-24H,1-15,18H2,(H2,19,21). The molecule has 6 N–H and O–H groups in total. The van der Waals surface area contributed by atoms with Crippen molar-refractivity contribution in [2.45, 2.75) is 57.5 Å². The van der Waals surface area contributed by atoms with E-state index in [2.05, 4.69) is 21.6 Å². The lowest BCUT2D eigenvalue weighted by molar-refractivity contribution is 0.0579. The van der Waals surface area contributed by atoms with Crippen molar-refractivity contribution in [1.29, 1.82) is 0 Å². The zero-order valence-electron chi connectivity index (χ0n) is 15.1. The third-order valence-corrected chi connectivity index (χ3v) is 3.93. The monoisotopic (exact) mass is 343 g/mol. The fourth-order valence-corrected chi connectivity index (χ4v) is 2.53. The summed E-state index contributed by atoms with van der Waals surface area (Å²) in [6.45, 7) is 7.05. The molecule has 0 bridgehead atoms. The van der Waals surface area contributed by atoms with Crippen molar-refractivity contribution in [1.82, 2.24) is 4.90 Å². The highest BCUT2D eigenvalue weighted by Gasteiger charge is 2.10. The molecule has 0 aromatic carbocycles. The minimum absolute atomic E-state index is 0.180. The molecule has 0 amide bonds. The minimum atomic E-state index is -0.655. The van der Waals surface area contributed by atoms with E-state index in [0.29, 0.717) is 13.1 Å². The van der Waals surface area contributed by atoms with Gasteiger partial charge in [0.25, 0.3) is 0 Å². The Morgan fingerprint density at radius 1 is 1.00 bits per heavy atom. The number of aliphatic imine (C=N–C) groups is 2. The molecule has 0 aliphatic carbocycles. The second kappa shape index (κ2) is 16.8. The normalized spacial score (nSPS) is 13.4. The lowest BCUT2D eigenvalue weighted by Gasteiger charge is -2.24. The largest absolute Gasteiger partial charge is 0.394 e. The van der Waals surface area contributed by atoms with E-state index in [-0.39, 0.29) is 12.6 Å². The Bertz CT molecular complexity index is 326. The first-order chi connectivity index (χ1) is 11.6. The van der Waals surface area contributed by atoms with E-state index in [1.54, 1.807) is 0 Å². The molecular weight excluding hydrogens is 306 g/mol. The number of aliphatic hydroxyl groups excluding tert-OH is 2. The molecule has 24 heavy (non-hydrogen) atoms. The van der Waals surface area contributed by atoms with Crippen LogP contribution in [0.5, 0.6) is 0 Å². The molecule has 0 fully saturated rings. The Labute approximate surface area is 146 Å². The zero-order valence-corrected chi connectivity index (χ0v) is 15.1. The van der Waals surface area contributed by atoms with E-state index in [1.807, 2.05) is 0 Å². The van der Waals surface area contributed by atoms with Crippen LogP contribution < -0.4 is 11.5 Å². The fourth-order valence-electron chi connectivity index (χ4n) is 2.53. The quantitative estimate of drug-likeness (QED) is 0.187. The molecule has 0 spiro atoms. The van der Waals surface area contributed by atoms with E-state index >= 15 is 0 Å². The Morgan fingerprint density at radius 3 is 2.12 bits per heavy atom. The van der Waals surface area contributed by atoms with Crippen LogP contribution in [0.2, 0.25) is 0 Å². The Balaban J connectivity index is 3.84. The van der Waals surface area contributed by atoms with Crippen molar-refractivity contribution in [2.75, 3.05) is 39.3 Å². The highest BCUT2D eigenvalue weighted by molar-refractivity contribution is 5.82. The van der Waals surface area contributed by atoms with E-state index in [1.165, 1.54) is 6.42 Å². The van der Waals surface area contributed by atoms with Gasteiger partial charge in [-0.1, -0.05) is 25.7 Å². The minimum Gasteiger partial charge on any atom is -0.394 e. The van der Waals surface area contributed by atoms with Gasteiger partial charge in [-0.05, 0) is 52.0 Å². The first-order valence-corrected chi connectivity index (χ1v) is 9.12. The van der Waals surface area contributed by atoms with Crippen molar-refractivity contribution in [3.05, 3.63) is 0 Å². The maximum absolute atomic E-state index is 9.67. The van der Waals surface area contributed by atoms with Crippen LogP contribution in [0, 0.1) is 0 Å². The van der Waals surface area contributed by atoms with Crippen molar-refractivity contribution in [2.24, 2.45) is 21.5 Å². The zero-order chi connectivity index (χ0) is 18.0. The van der Waals surface area contributed by atoms with Gasteiger partial charge in [0.15, 0.2) is 0 Å². The number of nitrogens with zero attached hydrogens (tertiary/aromatic N) is 3. The van der Waals surface area contributed by atoms with Crippen molar-refractivity contribution < 1.29 is 10.2 Å². The smallest absolute Gasteiger partial charge is 0.214 e. The third kappa shape index (κ3) is 14.6. The third-order valence-electron chi connectivity index (χ3n) is 3.93. The maximum atomic E-state index is 9.67. The Kier molecular flexibility index (Phi) is 16.1. The van der Waals surface area contributed by atoms with Crippen LogP contribution >= 0.6 is 0 Å². The van der Waals surface area contributed by atoms with Crippen molar-refractivity contribution >= 4 is 12.7 Å². The lowest BCUT2D eigenvalue weighted by Crippen LogP contribution is -2.35. The molecule has 0 aliphatic rings.